The van der Waals surface area contributed by atoms with Crippen LogP contribution in [0.25, 0.3) is 0 Å². The van der Waals surface area contributed by atoms with E-state index in [9.17, 15) is 8.42 Å². The van der Waals surface area contributed by atoms with E-state index in [2.05, 4.69) is 9.17 Å². The zero-order chi connectivity index (χ0) is 10.6. The largest absolute Gasteiger partial charge is 0.333 e. The first-order valence-electron chi connectivity index (χ1n) is 4.36. The molecule has 0 radical (unpaired) electrons. The zero-order valence-electron chi connectivity index (χ0n) is 8.30. The third kappa shape index (κ3) is 3.47. The smallest absolute Gasteiger partial charge is 0.264 e. The molecule has 0 aliphatic heterocycles. The Morgan fingerprint density at radius 3 is 2.86 bits per heavy atom. The summed E-state index contributed by atoms with van der Waals surface area (Å²) in [7, 11) is -3.37. The van der Waals surface area contributed by atoms with Crippen molar-refractivity contribution in [3.8, 4) is 0 Å². The molecule has 1 aromatic rings. The molecule has 0 aliphatic rings. The second kappa shape index (κ2) is 4.56. The summed E-state index contributed by atoms with van der Waals surface area (Å²) in [5, 5.41) is 0. The van der Waals surface area contributed by atoms with Gasteiger partial charge < -0.3 is 4.57 Å². The van der Waals surface area contributed by atoms with Gasteiger partial charge in [-0.2, -0.15) is 8.42 Å². The minimum absolute atomic E-state index is 0.0544. The lowest BCUT2D eigenvalue weighted by atomic mass is 10.4. The van der Waals surface area contributed by atoms with Crippen molar-refractivity contribution < 1.29 is 12.6 Å². The molecule has 0 saturated carbocycles. The van der Waals surface area contributed by atoms with Gasteiger partial charge in [0, 0.05) is 6.54 Å². The van der Waals surface area contributed by atoms with E-state index in [1.807, 2.05) is 11.5 Å². The Morgan fingerprint density at radius 1 is 1.57 bits per heavy atom. The third-order valence-electron chi connectivity index (χ3n) is 1.68. The lowest BCUT2D eigenvalue weighted by molar-refractivity contribution is 0.301. The van der Waals surface area contributed by atoms with Crippen LogP contribution in [0.3, 0.4) is 0 Å². The Hall–Kier alpha value is -0.880. The maximum absolute atomic E-state index is 10.7. The zero-order valence-corrected chi connectivity index (χ0v) is 9.12. The average Bonchev–Trinajstić information content (AvgIpc) is 2.48. The second-order valence-corrected chi connectivity index (χ2v) is 4.69. The van der Waals surface area contributed by atoms with Gasteiger partial charge >= 0.3 is 0 Å². The molecule has 0 N–H and O–H groups in total. The Labute approximate surface area is 83.8 Å². The van der Waals surface area contributed by atoms with E-state index in [-0.39, 0.29) is 6.61 Å². The maximum Gasteiger partial charge on any atom is 0.264 e. The highest BCUT2D eigenvalue weighted by Gasteiger charge is 2.06. The van der Waals surface area contributed by atoms with Crippen molar-refractivity contribution in [2.75, 3.05) is 6.26 Å². The molecular weight excluding hydrogens is 204 g/mol. The molecule has 6 heteroatoms. The molecule has 0 unspecified atom stereocenters. The first-order valence-corrected chi connectivity index (χ1v) is 6.18. The minimum Gasteiger partial charge on any atom is -0.333 e. The molecular formula is C8H14N2O3S. The molecule has 0 amide bonds. The Bertz CT molecular complexity index is 383. The van der Waals surface area contributed by atoms with Gasteiger partial charge in [-0.25, -0.2) is 4.98 Å². The highest BCUT2D eigenvalue weighted by molar-refractivity contribution is 7.85. The molecule has 0 atom stereocenters. The van der Waals surface area contributed by atoms with Crippen molar-refractivity contribution >= 4 is 10.1 Å². The summed E-state index contributed by atoms with van der Waals surface area (Å²) in [5.74, 6) is 0. The summed E-state index contributed by atoms with van der Waals surface area (Å²) in [6.07, 6.45) is 5.29. The number of hydrogen-bond acceptors (Lipinski definition) is 4. The molecule has 1 heterocycles. The minimum atomic E-state index is -3.37. The van der Waals surface area contributed by atoms with E-state index < -0.39 is 10.1 Å². The number of rotatable bonds is 5. The van der Waals surface area contributed by atoms with Crippen LogP contribution in [0.4, 0.5) is 0 Å². The predicted molar refractivity (Wildman–Crippen MR) is 52.2 cm³/mol. The summed E-state index contributed by atoms with van der Waals surface area (Å²) in [6.45, 7) is 2.92. The van der Waals surface area contributed by atoms with Crippen molar-refractivity contribution in [2.24, 2.45) is 0 Å². The quantitative estimate of drug-likeness (QED) is 0.685. The van der Waals surface area contributed by atoms with E-state index in [0.717, 1.165) is 24.9 Å². The van der Waals surface area contributed by atoms with E-state index in [4.69, 9.17) is 0 Å². The first kappa shape index (κ1) is 11.2. The van der Waals surface area contributed by atoms with Crippen LogP contribution in [-0.4, -0.2) is 24.2 Å². The van der Waals surface area contributed by atoms with Crippen LogP contribution < -0.4 is 0 Å². The van der Waals surface area contributed by atoms with E-state index >= 15 is 0 Å². The van der Waals surface area contributed by atoms with Gasteiger partial charge in [-0.3, -0.25) is 4.18 Å². The lowest BCUT2D eigenvalue weighted by Gasteiger charge is -2.05. The molecule has 0 fully saturated rings. The van der Waals surface area contributed by atoms with Crippen LogP contribution in [0.1, 0.15) is 19.0 Å². The van der Waals surface area contributed by atoms with E-state index in [1.165, 1.54) is 0 Å². The topological polar surface area (TPSA) is 61.2 Å². The van der Waals surface area contributed by atoms with Crippen molar-refractivity contribution in [3.63, 3.8) is 0 Å². The van der Waals surface area contributed by atoms with Gasteiger partial charge in [0.05, 0.1) is 24.5 Å². The number of hydrogen-bond donors (Lipinski definition) is 0. The fourth-order valence-corrected chi connectivity index (χ4v) is 1.41. The average molecular weight is 218 g/mol. The molecule has 0 aromatic carbocycles. The summed E-state index contributed by atoms with van der Waals surface area (Å²) in [5.41, 5.74) is 0.775. The maximum atomic E-state index is 10.7. The third-order valence-corrected chi connectivity index (χ3v) is 2.23. The van der Waals surface area contributed by atoms with Gasteiger partial charge in [0.25, 0.3) is 10.1 Å². The van der Waals surface area contributed by atoms with Crippen LogP contribution in [0, 0.1) is 0 Å². The van der Waals surface area contributed by atoms with Crippen molar-refractivity contribution in [2.45, 2.75) is 26.5 Å². The predicted octanol–water partition coefficient (Wildman–Crippen LogP) is 0.769. The van der Waals surface area contributed by atoms with Crippen molar-refractivity contribution in [3.05, 3.63) is 18.2 Å². The van der Waals surface area contributed by atoms with Gasteiger partial charge in [0.1, 0.15) is 6.61 Å². The molecule has 0 bridgehead atoms. The van der Waals surface area contributed by atoms with Crippen LogP contribution in [0.2, 0.25) is 0 Å². The summed E-state index contributed by atoms with van der Waals surface area (Å²) in [6, 6.07) is 0. The van der Waals surface area contributed by atoms with Crippen molar-refractivity contribution in [1.82, 2.24) is 9.55 Å². The molecule has 1 aromatic heterocycles. The molecule has 14 heavy (non-hydrogen) atoms. The van der Waals surface area contributed by atoms with Gasteiger partial charge in [-0.15, -0.1) is 0 Å². The normalized spacial score (nSPS) is 11.9. The number of imidazole rings is 1. The lowest BCUT2D eigenvalue weighted by Crippen LogP contribution is -2.07. The fraction of sp³-hybridized carbons (Fsp3) is 0.625. The summed E-state index contributed by atoms with van der Waals surface area (Å²) < 4.78 is 28.0. The molecule has 1 rings (SSSR count). The Kier molecular flexibility index (Phi) is 3.65. The fourth-order valence-electron chi connectivity index (χ4n) is 1.08. The first-order chi connectivity index (χ1) is 6.53. The monoisotopic (exact) mass is 218 g/mol. The molecule has 80 valence electrons. The summed E-state index contributed by atoms with van der Waals surface area (Å²) >= 11 is 0. The van der Waals surface area contributed by atoms with Crippen LogP contribution >= 0.6 is 0 Å². The molecule has 0 saturated heterocycles. The van der Waals surface area contributed by atoms with Crippen LogP contribution in [0.15, 0.2) is 12.5 Å². The Balaban J connectivity index is 2.62. The second-order valence-electron chi connectivity index (χ2n) is 3.04. The Morgan fingerprint density at radius 2 is 2.29 bits per heavy atom. The highest BCUT2D eigenvalue weighted by Crippen LogP contribution is 2.04. The van der Waals surface area contributed by atoms with Gasteiger partial charge in [-0.1, -0.05) is 6.92 Å². The SMILES string of the molecule is CCCn1cncc1COS(C)(=O)=O. The van der Waals surface area contributed by atoms with Crippen LogP contribution in [0.5, 0.6) is 0 Å². The summed E-state index contributed by atoms with van der Waals surface area (Å²) in [4.78, 5) is 3.93. The number of nitrogens with zero attached hydrogens (tertiary/aromatic N) is 2. The highest BCUT2D eigenvalue weighted by atomic mass is 32.2. The molecule has 0 spiro atoms. The molecule has 5 nitrogen and oxygen atoms in total. The molecule has 0 aliphatic carbocycles. The van der Waals surface area contributed by atoms with E-state index in [0.29, 0.717) is 0 Å². The van der Waals surface area contributed by atoms with Gasteiger partial charge in [0.15, 0.2) is 0 Å². The van der Waals surface area contributed by atoms with E-state index in [1.54, 1.807) is 12.5 Å². The standard InChI is InChI=1S/C8H14N2O3S/c1-3-4-10-7-9-5-8(10)6-13-14(2,11)12/h5,7H,3-4,6H2,1-2H3. The van der Waals surface area contributed by atoms with Gasteiger partial charge in [0.2, 0.25) is 0 Å². The van der Waals surface area contributed by atoms with Gasteiger partial charge in [-0.05, 0) is 6.42 Å². The number of aromatic nitrogens is 2. The van der Waals surface area contributed by atoms with Crippen molar-refractivity contribution in [1.29, 1.82) is 0 Å². The number of aryl methyl sites for hydroxylation is 1. The van der Waals surface area contributed by atoms with Crippen LogP contribution in [-0.2, 0) is 27.5 Å².